The molecule has 7 nitrogen and oxygen atoms in total. The number of hydrogen-bond acceptors (Lipinski definition) is 5. The van der Waals surface area contributed by atoms with E-state index in [0.29, 0.717) is 13.0 Å². The van der Waals surface area contributed by atoms with Crippen molar-refractivity contribution in [1.29, 1.82) is 0 Å². The highest BCUT2D eigenvalue weighted by atomic mass is 32.2. The topological polar surface area (TPSA) is 88.6 Å². The molecule has 168 valence electrons. The number of benzene rings is 2. The highest BCUT2D eigenvalue weighted by molar-refractivity contribution is 7.89. The Morgan fingerprint density at radius 3 is 2.47 bits per heavy atom. The molecule has 32 heavy (non-hydrogen) atoms. The highest BCUT2D eigenvalue weighted by Gasteiger charge is 2.28. The molecule has 8 heteroatoms. The minimum atomic E-state index is -3.89. The summed E-state index contributed by atoms with van der Waals surface area (Å²) in [6.45, 7) is 2.67. The predicted octanol–water partition coefficient (Wildman–Crippen LogP) is 3.27. The van der Waals surface area contributed by atoms with Crippen LogP contribution in [0.1, 0.15) is 28.5 Å². The van der Waals surface area contributed by atoms with Crippen LogP contribution in [0.3, 0.4) is 0 Å². The van der Waals surface area contributed by atoms with Crippen molar-refractivity contribution in [2.45, 2.75) is 24.8 Å². The first-order chi connectivity index (χ1) is 15.5. The van der Waals surface area contributed by atoms with Crippen LogP contribution in [0.25, 0.3) is 0 Å². The molecule has 2 aromatic carbocycles. The number of carbonyl (C=O) groups is 1. The van der Waals surface area contributed by atoms with E-state index in [9.17, 15) is 13.2 Å². The Labute approximate surface area is 189 Å². The van der Waals surface area contributed by atoms with Gasteiger partial charge < -0.3 is 10.1 Å². The number of nitrogens with one attached hydrogen (secondary N) is 1. The summed E-state index contributed by atoms with van der Waals surface area (Å²) >= 11 is 0. The highest BCUT2D eigenvalue weighted by Crippen LogP contribution is 2.29. The van der Waals surface area contributed by atoms with E-state index in [4.69, 9.17) is 4.74 Å². The van der Waals surface area contributed by atoms with Crippen LogP contribution < -0.4 is 10.1 Å². The molecule has 0 aliphatic rings. The molecule has 0 fully saturated rings. The van der Waals surface area contributed by atoms with Crippen molar-refractivity contribution in [3.63, 3.8) is 0 Å². The summed E-state index contributed by atoms with van der Waals surface area (Å²) in [7, 11) is -2.48. The maximum absolute atomic E-state index is 13.4. The third-order valence-electron chi connectivity index (χ3n) is 4.99. The third kappa shape index (κ3) is 5.72. The lowest BCUT2D eigenvalue weighted by Crippen LogP contribution is -2.31. The van der Waals surface area contributed by atoms with Gasteiger partial charge in [0.05, 0.1) is 7.11 Å². The number of nitrogens with zero attached hydrogens (tertiary/aromatic N) is 2. The third-order valence-corrected chi connectivity index (χ3v) is 6.93. The number of hydrogen-bond donors (Lipinski definition) is 1. The monoisotopic (exact) mass is 453 g/mol. The number of amides is 1. The molecule has 0 saturated carbocycles. The molecule has 0 aliphatic carbocycles. The maximum atomic E-state index is 13.4. The second kappa shape index (κ2) is 10.9. The zero-order valence-electron chi connectivity index (χ0n) is 18.2. The molecule has 1 heterocycles. The number of sulfonamides is 1. The number of rotatable bonds is 10. The first kappa shape index (κ1) is 23.4. The molecule has 0 aliphatic heterocycles. The van der Waals surface area contributed by atoms with E-state index in [-0.39, 0.29) is 35.2 Å². The summed E-state index contributed by atoms with van der Waals surface area (Å²) in [6.07, 6.45) is 2.28. The number of pyridine rings is 1. The first-order valence-electron chi connectivity index (χ1n) is 10.4. The molecule has 3 aromatic rings. The summed E-state index contributed by atoms with van der Waals surface area (Å²) in [6, 6.07) is 19.4. The second-order valence-corrected chi connectivity index (χ2v) is 9.02. The molecule has 0 spiro atoms. The first-order valence-corrected chi connectivity index (χ1v) is 11.8. The minimum absolute atomic E-state index is 0.0323. The molecule has 1 aromatic heterocycles. The summed E-state index contributed by atoms with van der Waals surface area (Å²) in [5.41, 5.74) is 1.99. The van der Waals surface area contributed by atoms with Crippen molar-refractivity contribution >= 4 is 15.9 Å². The number of ether oxygens (including phenoxy) is 1. The van der Waals surface area contributed by atoms with Crippen molar-refractivity contribution in [1.82, 2.24) is 14.6 Å². The Morgan fingerprint density at radius 2 is 1.81 bits per heavy atom. The summed E-state index contributed by atoms with van der Waals surface area (Å²) in [4.78, 5) is 16.9. The van der Waals surface area contributed by atoms with Gasteiger partial charge in [-0.15, -0.1) is 0 Å². The summed E-state index contributed by atoms with van der Waals surface area (Å²) < 4.78 is 33.5. The van der Waals surface area contributed by atoms with Crippen LogP contribution in [-0.2, 0) is 23.0 Å². The quantitative estimate of drug-likeness (QED) is 0.509. The van der Waals surface area contributed by atoms with Gasteiger partial charge in [-0.1, -0.05) is 43.3 Å². The van der Waals surface area contributed by atoms with Gasteiger partial charge in [-0.2, -0.15) is 4.31 Å². The maximum Gasteiger partial charge on any atom is 0.251 e. The lowest BCUT2D eigenvalue weighted by Gasteiger charge is -2.22. The Hall–Kier alpha value is -3.23. The van der Waals surface area contributed by atoms with Gasteiger partial charge in [0.2, 0.25) is 10.0 Å². The van der Waals surface area contributed by atoms with Crippen LogP contribution in [0.5, 0.6) is 5.75 Å². The van der Waals surface area contributed by atoms with Crippen LogP contribution in [-0.4, -0.2) is 43.8 Å². The Bertz CT molecular complexity index is 1140. The second-order valence-electron chi connectivity index (χ2n) is 7.11. The minimum Gasteiger partial charge on any atom is -0.495 e. The van der Waals surface area contributed by atoms with Crippen LogP contribution in [0.15, 0.2) is 77.8 Å². The van der Waals surface area contributed by atoms with Gasteiger partial charge >= 0.3 is 0 Å². The Balaban J connectivity index is 1.80. The average Bonchev–Trinajstić information content (AvgIpc) is 2.83. The number of methoxy groups -OCH3 is 1. The van der Waals surface area contributed by atoms with E-state index < -0.39 is 10.0 Å². The molecule has 1 amide bonds. The zero-order valence-corrected chi connectivity index (χ0v) is 19.0. The molecule has 3 rings (SSSR count). The van der Waals surface area contributed by atoms with E-state index >= 15 is 0 Å². The molecular weight excluding hydrogens is 426 g/mol. The van der Waals surface area contributed by atoms with Crippen molar-refractivity contribution in [2.75, 3.05) is 20.2 Å². The molecule has 0 atom stereocenters. The van der Waals surface area contributed by atoms with Gasteiger partial charge in [0, 0.05) is 43.5 Å². The van der Waals surface area contributed by atoms with Crippen LogP contribution in [0, 0.1) is 0 Å². The lowest BCUT2D eigenvalue weighted by atomic mass is 10.2. The largest absolute Gasteiger partial charge is 0.495 e. The van der Waals surface area contributed by atoms with Crippen molar-refractivity contribution in [2.24, 2.45) is 0 Å². The van der Waals surface area contributed by atoms with Gasteiger partial charge in [-0.3, -0.25) is 9.78 Å². The van der Waals surface area contributed by atoms with Gasteiger partial charge in [0.15, 0.2) is 0 Å². The van der Waals surface area contributed by atoms with E-state index in [0.717, 1.165) is 11.3 Å². The normalized spacial score (nSPS) is 11.3. The molecule has 0 radical (unpaired) electrons. The Morgan fingerprint density at radius 1 is 1.06 bits per heavy atom. The van der Waals surface area contributed by atoms with Crippen molar-refractivity contribution in [3.8, 4) is 5.75 Å². The van der Waals surface area contributed by atoms with Gasteiger partial charge in [0.25, 0.3) is 5.91 Å². The van der Waals surface area contributed by atoms with E-state index in [1.54, 1.807) is 19.2 Å². The fourth-order valence-electron chi connectivity index (χ4n) is 3.26. The SMILES string of the molecule is CCN(Cc1ccccc1)S(=O)(=O)c1cc(C(=O)NCCc2ccccn2)ccc1OC. The molecule has 0 unspecified atom stereocenters. The van der Waals surface area contributed by atoms with Crippen LogP contribution >= 0.6 is 0 Å². The fourth-order valence-corrected chi connectivity index (χ4v) is 4.88. The molecular formula is C24H27N3O4S. The molecule has 0 saturated heterocycles. The van der Waals surface area contributed by atoms with E-state index in [1.165, 1.54) is 23.5 Å². The average molecular weight is 454 g/mol. The molecule has 1 N–H and O–H groups in total. The fraction of sp³-hybridized carbons (Fsp3) is 0.250. The summed E-state index contributed by atoms with van der Waals surface area (Å²) in [5, 5.41) is 2.82. The Kier molecular flexibility index (Phi) is 7.97. The molecule has 0 bridgehead atoms. The van der Waals surface area contributed by atoms with Crippen molar-refractivity contribution < 1.29 is 17.9 Å². The zero-order chi connectivity index (χ0) is 23.0. The number of aromatic nitrogens is 1. The van der Waals surface area contributed by atoms with Crippen LogP contribution in [0.2, 0.25) is 0 Å². The standard InChI is InChI=1S/C24H27N3O4S/c1-3-27(18-19-9-5-4-6-10-19)32(29,30)23-17-20(12-13-22(23)31-2)24(28)26-16-14-21-11-7-8-15-25-21/h4-13,15,17H,3,14,16,18H2,1-2H3,(H,26,28). The van der Waals surface area contributed by atoms with E-state index in [1.807, 2.05) is 48.5 Å². The summed E-state index contributed by atoms with van der Waals surface area (Å²) in [5.74, 6) is -0.160. The van der Waals surface area contributed by atoms with Gasteiger partial charge in [-0.25, -0.2) is 8.42 Å². The van der Waals surface area contributed by atoms with Gasteiger partial charge in [0.1, 0.15) is 10.6 Å². The van der Waals surface area contributed by atoms with Crippen LogP contribution in [0.4, 0.5) is 0 Å². The predicted molar refractivity (Wildman–Crippen MR) is 123 cm³/mol. The lowest BCUT2D eigenvalue weighted by molar-refractivity contribution is 0.0954. The number of carbonyl (C=O) groups excluding carboxylic acids is 1. The smallest absolute Gasteiger partial charge is 0.251 e. The van der Waals surface area contributed by atoms with E-state index in [2.05, 4.69) is 10.3 Å². The van der Waals surface area contributed by atoms with Gasteiger partial charge in [-0.05, 0) is 35.9 Å². The van der Waals surface area contributed by atoms with Crippen molar-refractivity contribution in [3.05, 3.63) is 89.7 Å².